The highest BCUT2D eigenvalue weighted by atomic mass is 35.5. The standard InChI is InChI=1S/C44H87N.ClH/c1-5-7-9-11-13-15-17-19-21-23-25-27-29-31-33-35-37-41-44(42-38-39-43-45(3)4)40-36-34-32-30-28-26-24-22-20-18-16-14-12-10-8-6-2;/h19-22,44H,5-18,23-43H2,1-4H3;1H/b21-19-,22-20-;. The summed E-state index contributed by atoms with van der Waals surface area (Å²) in [5.41, 5.74) is 0. The molecule has 0 aromatic heterocycles. The van der Waals surface area contributed by atoms with Gasteiger partial charge in [-0.3, -0.25) is 0 Å². The van der Waals surface area contributed by atoms with Gasteiger partial charge in [-0.25, -0.2) is 0 Å². The largest absolute Gasteiger partial charge is 0.309 e. The minimum absolute atomic E-state index is 0. The molecule has 1 unspecified atom stereocenters. The van der Waals surface area contributed by atoms with Crippen molar-refractivity contribution in [2.45, 2.75) is 232 Å². The molecule has 0 bridgehead atoms. The molecule has 0 saturated carbocycles. The van der Waals surface area contributed by atoms with Crippen molar-refractivity contribution >= 4 is 12.4 Å². The average Bonchev–Trinajstić information content (AvgIpc) is 3.03. The third kappa shape index (κ3) is 41.8. The van der Waals surface area contributed by atoms with Gasteiger partial charge in [-0.1, -0.05) is 199 Å². The Labute approximate surface area is 299 Å². The van der Waals surface area contributed by atoms with Gasteiger partial charge in [0.15, 0.2) is 0 Å². The number of unbranched alkanes of at least 4 members (excludes halogenated alkanes) is 26. The molecule has 0 aliphatic rings. The van der Waals surface area contributed by atoms with Gasteiger partial charge in [-0.15, -0.1) is 12.4 Å². The van der Waals surface area contributed by atoms with Gasteiger partial charge < -0.3 is 4.90 Å². The zero-order valence-electron chi connectivity index (χ0n) is 32.5. The summed E-state index contributed by atoms with van der Waals surface area (Å²) >= 11 is 0. The van der Waals surface area contributed by atoms with E-state index in [-0.39, 0.29) is 12.4 Å². The third-order valence-electron chi connectivity index (χ3n) is 9.97. The first-order valence-corrected chi connectivity index (χ1v) is 21.1. The summed E-state index contributed by atoms with van der Waals surface area (Å²) in [4.78, 5) is 2.35. The minimum Gasteiger partial charge on any atom is -0.309 e. The molecular formula is C44H88ClN. The Morgan fingerprint density at radius 3 is 0.913 bits per heavy atom. The fourth-order valence-electron chi connectivity index (χ4n) is 6.83. The summed E-state index contributed by atoms with van der Waals surface area (Å²) in [5.74, 6) is 0.993. The van der Waals surface area contributed by atoms with Crippen LogP contribution in [-0.2, 0) is 0 Å². The summed E-state index contributed by atoms with van der Waals surface area (Å²) in [6.45, 7) is 5.86. The number of allylic oxidation sites excluding steroid dienone is 4. The average molecular weight is 667 g/mol. The summed E-state index contributed by atoms with van der Waals surface area (Å²) in [6.07, 6.45) is 58.2. The van der Waals surface area contributed by atoms with Gasteiger partial charge in [0.05, 0.1) is 0 Å². The van der Waals surface area contributed by atoms with Crippen LogP contribution in [0.15, 0.2) is 24.3 Å². The molecule has 2 heteroatoms. The van der Waals surface area contributed by atoms with Crippen LogP contribution in [0, 0.1) is 5.92 Å². The first kappa shape index (κ1) is 47.8. The van der Waals surface area contributed by atoms with Gasteiger partial charge in [-0.05, 0) is 84.3 Å². The number of nitrogens with zero attached hydrogens (tertiary/aromatic N) is 1. The molecule has 0 amide bonds. The Hall–Kier alpha value is -0.270. The molecule has 0 aliphatic heterocycles. The Morgan fingerprint density at radius 2 is 0.609 bits per heavy atom. The van der Waals surface area contributed by atoms with E-state index in [1.807, 2.05) is 0 Å². The van der Waals surface area contributed by atoms with Crippen LogP contribution in [0.5, 0.6) is 0 Å². The van der Waals surface area contributed by atoms with Gasteiger partial charge >= 0.3 is 0 Å². The number of rotatable bonds is 38. The van der Waals surface area contributed by atoms with Gasteiger partial charge in [-0.2, -0.15) is 0 Å². The summed E-state index contributed by atoms with van der Waals surface area (Å²) in [7, 11) is 4.44. The van der Waals surface area contributed by atoms with Crippen molar-refractivity contribution in [3.05, 3.63) is 24.3 Å². The number of hydrogen-bond donors (Lipinski definition) is 0. The van der Waals surface area contributed by atoms with E-state index < -0.39 is 0 Å². The SMILES string of the molecule is CCCCCCCC/C=C\CCCCCCCCCC(CCCCCCCC/C=C\CCCCCCCC)CCCCN(C)C.Cl. The lowest BCUT2D eigenvalue weighted by Gasteiger charge is -2.18. The molecule has 276 valence electrons. The van der Waals surface area contributed by atoms with E-state index in [0.29, 0.717) is 0 Å². The molecule has 0 fully saturated rings. The smallest absolute Gasteiger partial charge is 0.00248 e. The van der Waals surface area contributed by atoms with E-state index in [9.17, 15) is 0 Å². The van der Waals surface area contributed by atoms with Crippen LogP contribution in [0.3, 0.4) is 0 Å². The molecule has 0 radical (unpaired) electrons. The Balaban J connectivity index is 0. The molecule has 0 aromatic rings. The first-order valence-electron chi connectivity index (χ1n) is 21.1. The highest BCUT2D eigenvalue weighted by Crippen LogP contribution is 2.24. The zero-order chi connectivity index (χ0) is 32.7. The van der Waals surface area contributed by atoms with Crippen LogP contribution in [0.1, 0.15) is 232 Å². The maximum absolute atomic E-state index is 2.46. The van der Waals surface area contributed by atoms with E-state index in [4.69, 9.17) is 0 Å². The maximum atomic E-state index is 2.46. The van der Waals surface area contributed by atoms with Crippen molar-refractivity contribution in [3.8, 4) is 0 Å². The zero-order valence-corrected chi connectivity index (χ0v) is 33.3. The lowest BCUT2D eigenvalue weighted by Crippen LogP contribution is -2.13. The summed E-state index contributed by atoms with van der Waals surface area (Å²) in [5, 5.41) is 0. The highest BCUT2D eigenvalue weighted by Gasteiger charge is 2.09. The fraction of sp³-hybridized carbons (Fsp3) is 0.909. The van der Waals surface area contributed by atoms with Crippen molar-refractivity contribution < 1.29 is 0 Å². The second kappa shape index (κ2) is 42.8. The number of halogens is 1. The Kier molecular flexibility index (Phi) is 44.5. The molecule has 0 rings (SSSR count). The van der Waals surface area contributed by atoms with E-state index in [1.54, 1.807) is 0 Å². The van der Waals surface area contributed by atoms with Crippen LogP contribution in [0.25, 0.3) is 0 Å². The Bertz CT molecular complexity index is 582. The monoisotopic (exact) mass is 666 g/mol. The number of hydrogen-bond acceptors (Lipinski definition) is 1. The first-order chi connectivity index (χ1) is 22.2. The van der Waals surface area contributed by atoms with Crippen LogP contribution in [0.4, 0.5) is 0 Å². The van der Waals surface area contributed by atoms with Crippen molar-refractivity contribution in [1.29, 1.82) is 0 Å². The molecule has 0 aliphatic carbocycles. The lowest BCUT2D eigenvalue weighted by atomic mass is 9.90. The van der Waals surface area contributed by atoms with E-state index in [1.165, 1.54) is 225 Å². The topological polar surface area (TPSA) is 3.24 Å². The predicted octanol–water partition coefficient (Wildman–Crippen LogP) is 16.0. The third-order valence-corrected chi connectivity index (χ3v) is 9.97. The van der Waals surface area contributed by atoms with Crippen LogP contribution < -0.4 is 0 Å². The van der Waals surface area contributed by atoms with Gasteiger partial charge in [0, 0.05) is 0 Å². The van der Waals surface area contributed by atoms with E-state index in [0.717, 1.165) is 5.92 Å². The molecule has 46 heavy (non-hydrogen) atoms. The molecule has 0 aromatic carbocycles. The van der Waals surface area contributed by atoms with Gasteiger partial charge in [0.2, 0.25) is 0 Å². The van der Waals surface area contributed by atoms with Crippen molar-refractivity contribution in [2.75, 3.05) is 20.6 Å². The highest BCUT2D eigenvalue weighted by molar-refractivity contribution is 5.85. The second-order valence-corrected chi connectivity index (χ2v) is 15.0. The molecule has 0 N–H and O–H groups in total. The second-order valence-electron chi connectivity index (χ2n) is 15.0. The van der Waals surface area contributed by atoms with E-state index in [2.05, 4.69) is 57.1 Å². The lowest BCUT2D eigenvalue weighted by molar-refractivity contribution is 0.344. The van der Waals surface area contributed by atoms with Gasteiger partial charge in [0.1, 0.15) is 0 Å². The molecule has 1 nitrogen and oxygen atoms in total. The predicted molar refractivity (Wildman–Crippen MR) is 216 cm³/mol. The van der Waals surface area contributed by atoms with Crippen molar-refractivity contribution in [2.24, 2.45) is 5.92 Å². The maximum Gasteiger partial charge on any atom is -0.00248 e. The molecule has 0 spiro atoms. The minimum atomic E-state index is 0. The van der Waals surface area contributed by atoms with Gasteiger partial charge in [0.25, 0.3) is 0 Å². The Morgan fingerprint density at radius 1 is 0.348 bits per heavy atom. The normalized spacial score (nSPS) is 12.5. The summed E-state index contributed by atoms with van der Waals surface area (Å²) in [6, 6.07) is 0. The fourth-order valence-corrected chi connectivity index (χ4v) is 6.83. The van der Waals surface area contributed by atoms with Crippen LogP contribution in [0.2, 0.25) is 0 Å². The van der Waals surface area contributed by atoms with Crippen LogP contribution >= 0.6 is 12.4 Å². The molecule has 0 heterocycles. The van der Waals surface area contributed by atoms with Crippen LogP contribution in [-0.4, -0.2) is 25.5 Å². The summed E-state index contributed by atoms with van der Waals surface area (Å²) < 4.78 is 0. The molecule has 1 atom stereocenters. The van der Waals surface area contributed by atoms with E-state index >= 15 is 0 Å². The molecular weight excluding hydrogens is 578 g/mol. The van der Waals surface area contributed by atoms with Crippen molar-refractivity contribution in [3.63, 3.8) is 0 Å². The quantitative estimate of drug-likeness (QED) is 0.0468. The molecule has 0 saturated heterocycles. The van der Waals surface area contributed by atoms with Crippen molar-refractivity contribution in [1.82, 2.24) is 4.90 Å².